The molecule has 1 aliphatic heterocycles. The molecule has 1 aromatic heterocycles. The molecular formula is C20H31NO4S2Si. The summed E-state index contributed by atoms with van der Waals surface area (Å²) in [5, 5.41) is 4.81. The van der Waals surface area contributed by atoms with E-state index in [1.165, 1.54) is 22.6 Å². The van der Waals surface area contributed by atoms with Crippen LogP contribution in [0.5, 0.6) is 5.06 Å². The smallest absolute Gasteiger partial charge is 0.294 e. The molecule has 8 heteroatoms. The van der Waals surface area contributed by atoms with E-state index in [-0.39, 0.29) is 9.93 Å². The van der Waals surface area contributed by atoms with Crippen LogP contribution in [0.3, 0.4) is 0 Å². The molecule has 0 aliphatic carbocycles. The van der Waals surface area contributed by atoms with E-state index in [0.29, 0.717) is 0 Å². The lowest BCUT2D eigenvalue weighted by Gasteiger charge is -2.35. The Morgan fingerprint density at radius 1 is 1.18 bits per heavy atom. The van der Waals surface area contributed by atoms with E-state index in [0.717, 1.165) is 30.1 Å². The zero-order valence-corrected chi connectivity index (χ0v) is 20.1. The Hall–Kier alpha value is -1.19. The third-order valence-electron chi connectivity index (χ3n) is 5.20. The van der Waals surface area contributed by atoms with Gasteiger partial charge in [-0.3, -0.25) is 4.55 Å². The van der Waals surface area contributed by atoms with Gasteiger partial charge in [0, 0.05) is 18.0 Å². The number of benzene rings is 1. The maximum Gasteiger partial charge on any atom is 0.294 e. The molecule has 0 fully saturated rings. The number of hydrogen-bond donors (Lipinski definition) is 2. The van der Waals surface area contributed by atoms with Crippen molar-refractivity contribution in [2.24, 2.45) is 0 Å². The van der Waals surface area contributed by atoms with E-state index in [1.807, 2.05) is 18.3 Å². The molecular weight excluding hydrogens is 410 g/mol. The predicted octanol–water partition coefficient (Wildman–Crippen LogP) is 5.02. The van der Waals surface area contributed by atoms with Gasteiger partial charge in [0.15, 0.2) is 5.06 Å². The second kappa shape index (κ2) is 8.67. The summed E-state index contributed by atoms with van der Waals surface area (Å²) in [5.74, 6) is 0. The summed E-state index contributed by atoms with van der Waals surface area (Å²) in [6, 6.07) is 8.23. The maximum absolute atomic E-state index is 10.5. The first kappa shape index (κ1) is 23.1. The minimum atomic E-state index is -4.02. The monoisotopic (exact) mass is 441 g/mol. The molecule has 0 atom stereocenters. The topological polar surface area (TPSA) is 75.6 Å². The first-order valence-corrected chi connectivity index (χ1v) is 14.5. The Morgan fingerprint density at radius 2 is 1.79 bits per heavy atom. The Balaban J connectivity index is 0.000000221. The second-order valence-corrected chi connectivity index (χ2v) is 15.8. The summed E-state index contributed by atoms with van der Waals surface area (Å²) in [5.41, 5.74) is 2.40. The lowest BCUT2D eigenvalue weighted by Crippen LogP contribution is -2.43. The fraction of sp³-hybridized carbons (Fsp3) is 0.500. The van der Waals surface area contributed by atoms with Crippen molar-refractivity contribution in [1.29, 1.82) is 0 Å². The Labute approximate surface area is 174 Å². The molecule has 28 heavy (non-hydrogen) atoms. The second-order valence-electron chi connectivity index (χ2n) is 8.59. The van der Waals surface area contributed by atoms with Crippen LogP contribution in [-0.4, -0.2) is 27.8 Å². The largest absolute Gasteiger partial charge is 0.537 e. The molecule has 0 spiro atoms. The highest BCUT2D eigenvalue weighted by atomic mass is 32.2. The zero-order valence-electron chi connectivity index (χ0n) is 17.5. The SMILES string of the molecule is CC(C)(C)[Si](C)(C)Oc1cc2c(s1)CCNC2.Cc1ccc(S(=O)(=O)O)cc1. The lowest BCUT2D eigenvalue weighted by atomic mass is 10.1. The molecule has 0 saturated heterocycles. The molecule has 2 N–H and O–H groups in total. The number of thiophene rings is 1. The molecule has 0 radical (unpaired) electrons. The third kappa shape index (κ3) is 6.15. The van der Waals surface area contributed by atoms with Crippen LogP contribution in [0, 0.1) is 6.92 Å². The van der Waals surface area contributed by atoms with E-state index in [2.05, 4.69) is 45.2 Å². The zero-order chi connectivity index (χ0) is 21.2. The van der Waals surface area contributed by atoms with Crippen molar-refractivity contribution in [2.45, 2.75) is 63.7 Å². The molecule has 0 amide bonds. The van der Waals surface area contributed by atoms with Gasteiger partial charge in [0.05, 0.1) is 4.90 Å². The molecule has 0 saturated carbocycles. The van der Waals surface area contributed by atoms with E-state index in [1.54, 1.807) is 12.1 Å². The summed E-state index contributed by atoms with van der Waals surface area (Å²) in [4.78, 5) is 1.44. The molecule has 0 bridgehead atoms. The van der Waals surface area contributed by atoms with E-state index in [4.69, 9.17) is 8.98 Å². The summed E-state index contributed by atoms with van der Waals surface area (Å²) < 4.78 is 35.9. The van der Waals surface area contributed by atoms with Gasteiger partial charge in [0.1, 0.15) is 0 Å². The lowest BCUT2D eigenvalue weighted by molar-refractivity contribution is 0.483. The Kier molecular flexibility index (Phi) is 7.15. The third-order valence-corrected chi connectivity index (χ3v) is 11.7. The normalized spacial score (nSPS) is 14.7. The standard InChI is InChI=1S/C13H23NOSSi.C7H8O3S/c1-13(2,3)17(4,5)15-12-8-10-9-14-7-6-11(10)16-12;1-6-2-4-7(5-3-6)11(8,9)10/h8,14H,6-7,9H2,1-5H3;2-5H,1H3,(H,8,9,10). The van der Waals surface area contributed by atoms with E-state index < -0.39 is 18.4 Å². The number of hydrogen-bond acceptors (Lipinski definition) is 5. The van der Waals surface area contributed by atoms with Crippen LogP contribution in [-0.2, 0) is 23.1 Å². The van der Waals surface area contributed by atoms with Crippen LogP contribution in [0.1, 0.15) is 36.8 Å². The first-order valence-electron chi connectivity index (χ1n) is 9.35. The highest BCUT2D eigenvalue weighted by molar-refractivity contribution is 7.85. The van der Waals surface area contributed by atoms with Gasteiger partial charge in [-0.2, -0.15) is 8.42 Å². The molecule has 1 aliphatic rings. The van der Waals surface area contributed by atoms with Crippen LogP contribution in [0.25, 0.3) is 0 Å². The van der Waals surface area contributed by atoms with Gasteiger partial charge in [0.25, 0.3) is 18.4 Å². The molecule has 156 valence electrons. The number of aryl methyl sites for hydroxylation is 1. The minimum Gasteiger partial charge on any atom is -0.537 e. The fourth-order valence-corrected chi connectivity index (χ4v) is 5.44. The molecule has 3 rings (SSSR count). The molecule has 5 nitrogen and oxygen atoms in total. The average molecular weight is 442 g/mol. The first-order chi connectivity index (χ1) is 12.8. The van der Waals surface area contributed by atoms with Crippen LogP contribution in [0.4, 0.5) is 0 Å². The van der Waals surface area contributed by atoms with Gasteiger partial charge >= 0.3 is 0 Å². The van der Waals surface area contributed by atoms with Crippen LogP contribution < -0.4 is 9.74 Å². The quantitative estimate of drug-likeness (QED) is 0.517. The summed E-state index contributed by atoms with van der Waals surface area (Å²) in [6.45, 7) is 15.4. The average Bonchev–Trinajstić information content (AvgIpc) is 2.95. The predicted molar refractivity (Wildman–Crippen MR) is 119 cm³/mol. The van der Waals surface area contributed by atoms with Gasteiger partial charge < -0.3 is 9.74 Å². The molecule has 0 unspecified atom stereocenters. The van der Waals surface area contributed by atoms with Crippen LogP contribution in [0.15, 0.2) is 35.2 Å². The van der Waals surface area contributed by atoms with Crippen molar-refractivity contribution < 1.29 is 17.4 Å². The Bertz CT molecular complexity index is 874. The van der Waals surface area contributed by atoms with Gasteiger partial charge in [-0.05, 0) is 55.2 Å². The molecule has 2 heterocycles. The highest BCUT2D eigenvalue weighted by Gasteiger charge is 2.39. The summed E-state index contributed by atoms with van der Waals surface area (Å²) in [6.07, 6.45) is 1.15. The Morgan fingerprint density at radius 3 is 2.29 bits per heavy atom. The fourth-order valence-electron chi connectivity index (χ4n) is 2.39. The number of nitrogens with one attached hydrogen (secondary N) is 1. The maximum atomic E-state index is 10.5. The van der Waals surface area contributed by atoms with Crippen molar-refractivity contribution in [1.82, 2.24) is 5.32 Å². The summed E-state index contributed by atoms with van der Waals surface area (Å²) >= 11 is 1.85. The molecule has 1 aromatic carbocycles. The number of fused-ring (bicyclic) bond motifs is 1. The minimum absolute atomic E-state index is 0.0666. The van der Waals surface area contributed by atoms with Crippen LogP contribution in [0.2, 0.25) is 18.1 Å². The summed E-state index contributed by atoms with van der Waals surface area (Å²) in [7, 11) is -5.69. The van der Waals surface area contributed by atoms with Gasteiger partial charge in [0.2, 0.25) is 0 Å². The van der Waals surface area contributed by atoms with Crippen molar-refractivity contribution >= 4 is 29.8 Å². The van der Waals surface area contributed by atoms with E-state index in [9.17, 15) is 8.42 Å². The molecule has 2 aromatic rings. The van der Waals surface area contributed by atoms with Crippen LogP contribution >= 0.6 is 11.3 Å². The van der Waals surface area contributed by atoms with Crippen molar-refractivity contribution in [3.8, 4) is 5.06 Å². The van der Waals surface area contributed by atoms with E-state index >= 15 is 0 Å². The van der Waals surface area contributed by atoms with Gasteiger partial charge in [-0.25, -0.2) is 0 Å². The van der Waals surface area contributed by atoms with Crippen molar-refractivity contribution in [3.63, 3.8) is 0 Å². The number of rotatable bonds is 3. The van der Waals surface area contributed by atoms with Gasteiger partial charge in [-0.15, -0.1) is 11.3 Å². The van der Waals surface area contributed by atoms with Gasteiger partial charge in [-0.1, -0.05) is 38.5 Å². The van der Waals surface area contributed by atoms with Crippen molar-refractivity contribution in [3.05, 3.63) is 46.3 Å². The van der Waals surface area contributed by atoms with Crippen molar-refractivity contribution in [2.75, 3.05) is 6.54 Å². The highest BCUT2D eigenvalue weighted by Crippen LogP contribution is 2.40.